The Morgan fingerprint density at radius 3 is 3.17 bits per heavy atom. The minimum atomic E-state index is 0.744. The lowest BCUT2D eigenvalue weighted by Crippen LogP contribution is -2.40. The summed E-state index contributed by atoms with van der Waals surface area (Å²) in [6.07, 6.45) is 5.26. The Hall–Kier alpha value is -1.10. The van der Waals surface area contributed by atoms with E-state index in [1.165, 1.54) is 18.6 Å². The normalized spacial score (nSPS) is 20.1. The maximum atomic E-state index is 5.29. The largest absolute Gasteiger partial charge is 0.469 e. The Morgan fingerprint density at radius 2 is 2.50 bits per heavy atom. The second kappa shape index (κ2) is 7.36. The molecule has 0 bridgehead atoms. The molecule has 2 heterocycles. The highest BCUT2D eigenvalue weighted by Gasteiger charge is 2.15. The molecule has 0 spiro atoms. The lowest BCUT2D eigenvalue weighted by Gasteiger charge is -2.14. The van der Waals surface area contributed by atoms with Crippen molar-refractivity contribution >= 4 is 17.7 Å². The first-order valence-electron chi connectivity index (χ1n) is 6.47. The fourth-order valence-corrected chi connectivity index (χ4v) is 3.20. The maximum Gasteiger partial charge on any atom is 0.191 e. The molecule has 1 aliphatic heterocycles. The minimum Gasteiger partial charge on any atom is -0.469 e. The van der Waals surface area contributed by atoms with Crippen LogP contribution in [0.5, 0.6) is 0 Å². The number of aliphatic imine (C=N–C) groups is 1. The predicted molar refractivity (Wildman–Crippen MR) is 77.3 cm³/mol. The van der Waals surface area contributed by atoms with Gasteiger partial charge in [0.1, 0.15) is 5.76 Å². The Kier molecular flexibility index (Phi) is 5.45. The topological polar surface area (TPSA) is 49.6 Å². The Morgan fingerprint density at radius 1 is 1.56 bits per heavy atom. The third-order valence-corrected chi connectivity index (χ3v) is 4.39. The van der Waals surface area contributed by atoms with Crippen molar-refractivity contribution in [1.29, 1.82) is 0 Å². The van der Waals surface area contributed by atoms with Crippen LogP contribution in [0.1, 0.15) is 18.6 Å². The van der Waals surface area contributed by atoms with Gasteiger partial charge in [-0.2, -0.15) is 11.8 Å². The van der Waals surface area contributed by atoms with E-state index in [9.17, 15) is 0 Å². The van der Waals surface area contributed by atoms with Gasteiger partial charge in [0.25, 0.3) is 0 Å². The maximum absolute atomic E-state index is 5.29. The molecule has 18 heavy (non-hydrogen) atoms. The van der Waals surface area contributed by atoms with Crippen LogP contribution >= 0.6 is 11.8 Å². The smallest absolute Gasteiger partial charge is 0.191 e. The van der Waals surface area contributed by atoms with Gasteiger partial charge >= 0.3 is 0 Å². The number of nitrogens with one attached hydrogen (secondary N) is 2. The van der Waals surface area contributed by atoms with Crippen molar-refractivity contribution in [3.05, 3.63) is 24.2 Å². The lowest BCUT2D eigenvalue weighted by molar-refractivity contribution is 0.506. The lowest BCUT2D eigenvalue weighted by atomic mass is 10.2. The van der Waals surface area contributed by atoms with Crippen LogP contribution in [0, 0.1) is 0 Å². The molecule has 5 heteroatoms. The van der Waals surface area contributed by atoms with Crippen molar-refractivity contribution < 1.29 is 4.42 Å². The van der Waals surface area contributed by atoms with Gasteiger partial charge in [-0.05, 0) is 30.7 Å². The van der Waals surface area contributed by atoms with Gasteiger partial charge in [-0.25, -0.2) is 0 Å². The first-order valence-corrected chi connectivity index (χ1v) is 7.52. The van der Waals surface area contributed by atoms with Crippen LogP contribution in [0.2, 0.25) is 0 Å². The van der Waals surface area contributed by atoms with Crippen LogP contribution in [0.3, 0.4) is 0 Å². The number of hydrogen-bond acceptors (Lipinski definition) is 3. The van der Waals surface area contributed by atoms with Crippen LogP contribution in [-0.4, -0.2) is 37.1 Å². The highest BCUT2D eigenvalue weighted by molar-refractivity contribution is 8.00. The molecule has 0 aliphatic carbocycles. The molecule has 1 aromatic rings. The number of hydrogen-bond donors (Lipinski definition) is 2. The molecular formula is C13H21N3OS. The third kappa shape index (κ3) is 4.29. The number of guanidine groups is 1. The van der Waals surface area contributed by atoms with E-state index < -0.39 is 0 Å². The van der Waals surface area contributed by atoms with Crippen molar-refractivity contribution in [2.45, 2.75) is 24.5 Å². The van der Waals surface area contributed by atoms with Gasteiger partial charge < -0.3 is 15.1 Å². The molecule has 2 rings (SSSR count). The van der Waals surface area contributed by atoms with Crippen molar-refractivity contribution in [2.75, 3.05) is 25.9 Å². The molecule has 0 saturated carbocycles. The molecule has 1 atom stereocenters. The molecule has 1 aromatic heterocycles. The molecule has 100 valence electrons. The van der Waals surface area contributed by atoms with Crippen LogP contribution in [-0.2, 0) is 6.42 Å². The standard InChI is InChI=1S/C13H21N3OS/c1-14-13(16-10-12-5-3-9-18-12)15-7-6-11-4-2-8-17-11/h2,4,8,12H,3,5-7,9-10H2,1H3,(H2,14,15,16). The third-order valence-electron chi connectivity index (χ3n) is 2.99. The summed E-state index contributed by atoms with van der Waals surface area (Å²) >= 11 is 2.06. The van der Waals surface area contributed by atoms with E-state index in [0.29, 0.717) is 0 Å². The zero-order valence-corrected chi connectivity index (χ0v) is 11.6. The average molecular weight is 267 g/mol. The van der Waals surface area contributed by atoms with Gasteiger partial charge in [-0.3, -0.25) is 4.99 Å². The summed E-state index contributed by atoms with van der Waals surface area (Å²) in [6.45, 7) is 1.84. The quantitative estimate of drug-likeness (QED) is 0.632. The Bertz CT molecular complexity index is 358. The van der Waals surface area contributed by atoms with E-state index in [4.69, 9.17) is 4.42 Å². The summed E-state index contributed by atoms with van der Waals surface area (Å²) in [5.74, 6) is 3.19. The highest BCUT2D eigenvalue weighted by Crippen LogP contribution is 2.25. The van der Waals surface area contributed by atoms with Gasteiger partial charge in [0.15, 0.2) is 5.96 Å². The second-order valence-electron chi connectivity index (χ2n) is 4.34. The van der Waals surface area contributed by atoms with Crippen LogP contribution in [0.15, 0.2) is 27.8 Å². The number of rotatable bonds is 5. The molecule has 0 radical (unpaired) electrons. The summed E-state index contributed by atoms with van der Waals surface area (Å²) in [5.41, 5.74) is 0. The summed E-state index contributed by atoms with van der Waals surface area (Å²) in [7, 11) is 1.81. The highest BCUT2D eigenvalue weighted by atomic mass is 32.2. The zero-order chi connectivity index (χ0) is 12.6. The van der Waals surface area contributed by atoms with E-state index in [2.05, 4.69) is 27.4 Å². The van der Waals surface area contributed by atoms with Gasteiger partial charge in [0.2, 0.25) is 0 Å². The summed E-state index contributed by atoms with van der Waals surface area (Å²) in [4.78, 5) is 4.22. The van der Waals surface area contributed by atoms with Crippen molar-refractivity contribution in [3.8, 4) is 0 Å². The van der Waals surface area contributed by atoms with Crippen molar-refractivity contribution in [2.24, 2.45) is 4.99 Å². The average Bonchev–Trinajstić information content (AvgIpc) is 3.06. The predicted octanol–water partition coefficient (Wildman–Crippen LogP) is 1.88. The molecule has 0 amide bonds. The van der Waals surface area contributed by atoms with Gasteiger partial charge in [-0.15, -0.1) is 0 Å². The summed E-state index contributed by atoms with van der Waals surface area (Å²) < 4.78 is 5.29. The summed E-state index contributed by atoms with van der Waals surface area (Å²) in [6, 6.07) is 3.91. The van der Waals surface area contributed by atoms with Crippen LogP contribution < -0.4 is 10.6 Å². The van der Waals surface area contributed by atoms with E-state index in [1.54, 1.807) is 6.26 Å². The molecular weight excluding hydrogens is 246 g/mol. The van der Waals surface area contributed by atoms with Gasteiger partial charge in [-0.1, -0.05) is 0 Å². The Balaban J connectivity index is 1.62. The van der Waals surface area contributed by atoms with E-state index in [1.807, 2.05) is 19.2 Å². The molecule has 1 fully saturated rings. The van der Waals surface area contributed by atoms with Crippen molar-refractivity contribution in [1.82, 2.24) is 10.6 Å². The molecule has 1 aliphatic rings. The van der Waals surface area contributed by atoms with Crippen LogP contribution in [0.25, 0.3) is 0 Å². The number of furan rings is 1. The number of nitrogens with zero attached hydrogens (tertiary/aromatic N) is 1. The van der Waals surface area contributed by atoms with Crippen LogP contribution in [0.4, 0.5) is 0 Å². The first-order chi connectivity index (χ1) is 8.88. The first kappa shape index (κ1) is 13.3. The molecule has 1 saturated heterocycles. The monoisotopic (exact) mass is 267 g/mol. The van der Waals surface area contributed by atoms with E-state index in [-0.39, 0.29) is 0 Å². The van der Waals surface area contributed by atoms with Crippen molar-refractivity contribution in [3.63, 3.8) is 0 Å². The van der Waals surface area contributed by atoms with Gasteiger partial charge in [0.05, 0.1) is 6.26 Å². The second-order valence-corrected chi connectivity index (χ2v) is 5.75. The Labute approximate surface area is 113 Å². The number of thioether (sulfide) groups is 1. The minimum absolute atomic E-state index is 0.744. The molecule has 1 unspecified atom stereocenters. The van der Waals surface area contributed by atoms with E-state index in [0.717, 1.165) is 36.5 Å². The molecule has 2 N–H and O–H groups in total. The fraction of sp³-hybridized carbons (Fsp3) is 0.615. The fourth-order valence-electron chi connectivity index (χ4n) is 2.00. The molecule has 4 nitrogen and oxygen atoms in total. The molecule has 0 aromatic carbocycles. The SMILES string of the molecule is CN=C(NCCc1ccco1)NCC1CCCS1. The summed E-state index contributed by atoms with van der Waals surface area (Å²) in [5, 5.41) is 7.42. The zero-order valence-electron chi connectivity index (χ0n) is 10.8. The van der Waals surface area contributed by atoms with Gasteiger partial charge in [0, 0.05) is 31.8 Å². The van der Waals surface area contributed by atoms with E-state index >= 15 is 0 Å².